The molecule has 0 aliphatic heterocycles. The van der Waals surface area contributed by atoms with Gasteiger partial charge in [0.1, 0.15) is 0 Å². The van der Waals surface area contributed by atoms with Crippen LogP contribution in [0, 0.1) is 6.92 Å². The molecule has 0 amide bonds. The number of aromatic nitrogens is 2. The average molecular weight is 195 g/mol. The molecule has 1 heterocycles. The standard InChI is InChI=1S/C11H21N3/c1-3-4-5-6-7-12-8-11-9-13-14-10(11)2/h9,12H,3-8H2,1-2H3,(H,13,14). The van der Waals surface area contributed by atoms with Crippen LogP contribution in [0.4, 0.5) is 0 Å². The Morgan fingerprint density at radius 2 is 2.21 bits per heavy atom. The molecule has 0 saturated carbocycles. The molecule has 1 rings (SSSR count). The topological polar surface area (TPSA) is 40.7 Å². The molecule has 0 unspecified atom stereocenters. The van der Waals surface area contributed by atoms with Gasteiger partial charge in [-0.05, 0) is 19.9 Å². The normalized spacial score (nSPS) is 10.7. The third-order valence-electron chi connectivity index (χ3n) is 2.46. The molecule has 0 saturated heterocycles. The Labute approximate surface area is 86.3 Å². The second-order valence-corrected chi connectivity index (χ2v) is 3.76. The summed E-state index contributed by atoms with van der Waals surface area (Å²) in [5.41, 5.74) is 2.45. The second kappa shape index (κ2) is 6.60. The van der Waals surface area contributed by atoms with Gasteiger partial charge < -0.3 is 5.32 Å². The van der Waals surface area contributed by atoms with Crippen LogP contribution in [-0.4, -0.2) is 16.7 Å². The number of nitrogens with zero attached hydrogens (tertiary/aromatic N) is 1. The zero-order valence-electron chi connectivity index (χ0n) is 9.27. The first kappa shape index (κ1) is 11.2. The highest BCUT2D eigenvalue weighted by Crippen LogP contribution is 2.02. The summed E-state index contributed by atoms with van der Waals surface area (Å²) in [6.45, 7) is 6.35. The van der Waals surface area contributed by atoms with Crippen LogP contribution in [0.1, 0.15) is 43.9 Å². The lowest BCUT2D eigenvalue weighted by Gasteiger charge is -2.03. The van der Waals surface area contributed by atoms with Gasteiger partial charge in [-0.15, -0.1) is 0 Å². The van der Waals surface area contributed by atoms with Gasteiger partial charge in [-0.2, -0.15) is 5.10 Å². The Morgan fingerprint density at radius 3 is 2.86 bits per heavy atom. The van der Waals surface area contributed by atoms with Crippen LogP contribution in [0.5, 0.6) is 0 Å². The lowest BCUT2D eigenvalue weighted by atomic mass is 10.2. The number of aryl methyl sites for hydroxylation is 1. The lowest BCUT2D eigenvalue weighted by Crippen LogP contribution is -2.14. The maximum Gasteiger partial charge on any atom is 0.0535 e. The van der Waals surface area contributed by atoms with Gasteiger partial charge in [0.05, 0.1) is 6.20 Å². The molecule has 3 heteroatoms. The van der Waals surface area contributed by atoms with Gasteiger partial charge >= 0.3 is 0 Å². The van der Waals surface area contributed by atoms with E-state index in [1.165, 1.54) is 36.9 Å². The van der Waals surface area contributed by atoms with Crippen molar-refractivity contribution in [1.82, 2.24) is 15.5 Å². The molecule has 80 valence electrons. The maximum absolute atomic E-state index is 3.99. The fourth-order valence-corrected chi connectivity index (χ4v) is 1.45. The van der Waals surface area contributed by atoms with Crippen LogP contribution in [0.2, 0.25) is 0 Å². The molecule has 0 aromatic carbocycles. The van der Waals surface area contributed by atoms with Gasteiger partial charge in [0, 0.05) is 17.8 Å². The molecule has 1 aromatic heterocycles. The van der Waals surface area contributed by atoms with Gasteiger partial charge in [-0.25, -0.2) is 0 Å². The molecule has 14 heavy (non-hydrogen) atoms. The molecule has 0 atom stereocenters. The zero-order chi connectivity index (χ0) is 10.2. The van der Waals surface area contributed by atoms with Gasteiger partial charge in [-0.1, -0.05) is 26.2 Å². The summed E-state index contributed by atoms with van der Waals surface area (Å²) in [5.74, 6) is 0. The molecule has 0 bridgehead atoms. The summed E-state index contributed by atoms with van der Waals surface area (Å²) < 4.78 is 0. The number of H-pyrrole nitrogens is 1. The van der Waals surface area contributed by atoms with Crippen LogP contribution in [0.3, 0.4) is 0 Å². The number of hydrogen-bond acceptors (Lipinski definition) is 2. The quantitative estimate of drug-likeness (QED) is 0.656. The summed E-state index contributed by atoms with van der Waals surface area (Å²) in [7, 11) is 0. The maximum atomic E-state index is 3.99. The Hall–Kier alpha value is -0.830. The molecule has 0 radical (unpaired) electrons. The molecule has 3 nitrogen and oxygen atoms in total. The monoisotopic (exact) mass is 195 g/mol. The lowest BCUT2D eigenvalue weighted by molar-refractivity contribution is 0.597. The highest BCUT2D eigenvalue weighted by atomic mass is 15.1. The van der Waals surface area contributed by atoms with E-state index >= 15 is 0 Å². The summed E-state index contributed by atoms with van der Waals surface area (Å²) in [4.78, 5) is 0. The van der Waals surface area contributed by atoms with E-state index in [0.29, 0.717) is 0 Å². The van der Waals surface area contributed by atoms with E-state index in [4.69, 9.17) is 0 Å². The van der Waals surface area contributed by atoms with Crippen molar-refractivity contribution in [2.75, 3.05) is 6.54 Å². The van der Waals surface area contributed by atoms with Crippen molar-refractivity contribution >= 4 is 0 Å². The molecule has 1 aromatic rings. The van der Waals surface area contributed by atoms with Crippen molar-refractivity contribution in [2.24, 2.45) is 0 Å². The van der Waals surface area contributed by atoms with E-state index in [0.717, 1.165) is 13.1 Å². The minimum atomic E-state index is 0.939. The van der Waals surface area contributed by atoms with E-state index in [1.807, 2.05) is 6.20 Å². The average Bonchev–Trinajstić information content (AvgIpc) is 2.58. The first-order valence-corrected chi connectivity index (χ1v) is 5.54. The first-order valence-electron chi connectivity index (χ1n) is 5.54. The largest absolute Gasteiger partial charge is 0.313 e. The van der Waals surface area contributed by atoms with E-state index in [2.05, 4.69) is 29.4 Å². The Bertz CT molecular complexity index is 242. The van der Waals surface area contributed by atoms with Gasteiger partial charge in [0.15, 0.2) is 0 Å². The van der Waals surface area contributed by atoms with E-state index < -0.39 is 0 Å². The van der Waals surface area contributed by atoms with Gasteiger partial charge in [0.25, 0.3) is 0 Å². The first-order chi connectivity index (χ1) is 6.84. The number of rotatable bonds is 7. The molecule has 0 aliphatic rings. The summed E-state index contributed by atoms with van der Waals surface area (Å²) in [6.07, 6.45) is 7.18. The summed E-state index contributed by atoms with van der Waals surface area (Å²) in [5, 5.41) is 10.4. The van der Waals surface area contributed by atoms with Crippen LogP contribution in [-0.2, 0) is 6.54 Å². The van der Waals surface area contributed by atoms with E-state index in [1.54, 1.807) is 0 Å². The molecular weight excluding hydrogens is 174 g/mol. The van der Waals surface area contributed by atoms with Crippen molar-refractivity contribution < 1.29 is 0 Å². The Balaban J connectivity index is 2.02. The highest BCUT2D eigenvalue weighted by molar-refractivity contribution is 5.13. The number of aromatic amines is 1. The summed E-state index contributed by atoms with van der Waals surface area (Å²) in [6, 6.07) is 0. The van der Waals surface area contributed by atoms with E-state index in [9.17, 15) is 0 Å². The van der Waals surface area contributed by atoms with Crippen LogP contribution < -0.4 is 5.32 Å². The van der Waals surface area contributed by atoms with Crippen LogP contribution in [0.25, 0.3) is 0 Å². The molecule has 0 aliphatic carbocycles. The van der Waals surface area contributed by atoms with E-state index in [-0.39, 0.29) is 0 Å². The van der Waals surface area contributed by atoms with Gasteiger partial charge in [-0.3, -0.25) is 5.10 Å². The molecule has 2 N–H and O–H groups in total. The summed E-state index contributed by atoms with van der Waals surface area (Å²) >= 11 is 0. The molecule has 0 spiro atoms. The highest BCUT2D eigenvalue weighted by Gasteiger charge is 1.98. The number of unbranched alkanes of at least 4 members (excludes halogenated alkanes) is 3. The molecule has 0 fully saturated rings. The minimum Gasteiger partial charge on any atom is -0.313 e. The van der Waals surface area contributed by atoms with Crippen molar-refractivity contribution in [3.05, 3.63) is 17.5 Å². The zero-order valence-corrected chi connectivity index (χ0v) is 9.27. The Morgan fingerprint density at radius 1 is 1.36 bits per heavy atom. The fraction of sp³-hybridized carbons (Fsp3) is 0.727. The van der Waals surface area contributed by atoms with Crippen molar-refractivity contribution in [3.63, 3.8) is 0 Å². The SMILES string of the molecule is CCCCCCNCc1cn[nH]c1C. The predicted octanol–water partition coefficient (Wildman–Crippen LogP) is 2.39. The smallest absolute Gasteiger partial charge is 0.0535 e. The molecular formula is C11H21N3. The third kappa shape index (κ3) is 3.92. The minimum absolute atomic E-state index is 0.939. The fourth-order valence-electron chi connectivity index (χ4n) is 1.45. The number of hydrogen-bond donors (Lipinski definition) is 2. The Kier molecular flexibility index (Phi) is 5.30. The van der Waals surface area contributed by atoms with Gasteiger partial charge in [0.2, 0.25) is 0 Å². The van der Waals surface area contributed by atoms with Crippen LogP contribution in [0.15, 0.2) is 6.20 Å². The predicted molar refractivity (Wildman–Crippen MR) is 59.2 cm³/mol. The third-order valence-corrected chi connectivity index (χ3v) is 2.46. The van der Waals surface area contributed by atoms with Crippen molar-refractivity contribution in [3.8, 4) is 0 Å². The number of nitrogens with one attached hydrogen (secondary N) is 2. The van der Waals surface area contributed by atoms with Crippen molar-refractivity contribution in [2.45, 2.75) is 46.1 Å². The second-order valence-electron chi connectivity index (χ2n) is 3.76. The van der Waals surface area contributed by atoms with Crippen LogP contribution >= 0.6 is 0 Å². The van der Waals surface area contributed by atoms with Crippen molar-refractivity contribution in [1.29, 1.82) is 0 Å².